The summed E-state index contributed by atoms with van der Waals surface area (Å²) in [5, 5.41) is 13.7. The number of carbonyl (C=O) groups is 3. The number of halogens is 2. The van der Waals surface area contributed by atoms with Crippen LogP contribution in [0, 0.1) is 23.0 Å². The number of nitrogens with one attached hydrogen (secondary N) is 2. The minimum Gasteiger partial charge on any atom is -0.456 e. The molecule has 0 fully saturated rings. The fraction of sp³-hybridized carbons (Fsp3) is 0.238. The van der Waals surface area contributed by atoms with Gasteiger partial charge in [-0.25, -0.2) is 8.78 Å². The quantitative estimate of drug-likeness (QED) is 0.329. The lowest BCUT2D eigenvalue weighted by atomic mass is 10.2. The van der Waals surface area contributed by atoms with Crippen LogP contribution in [-0.4, -0.2) is 36.7 Å². The van der Waals surface area contributed by atoms with Crippen molar-refractivity contribution in [2.45, 2.75) is 17.7 Å². The minimum absolute atomic E-state index is 0.0614. The number of anilines is 1. The molecule has 0 aliphatic rings. The Morgan fingerprint density at radius 3 is 2.65 bits per heavy atom. The molecule has 0 aliphatic heterocycles. The lowest BCUT2D eigenvalue weighted by Crippen LogP contribution is -2.26. The zero-order chi connectivity index (χ0) is 22.6. The maximum absolute atomic E-state index is 13.5. The van der Waals surface area contributed by atoms with Crippen LogP contribution in [0.25, 0.3) is 0 Å². The van der Waals surface area contributed by atoms with Crippen molar-refractivity contribution in [3.05, 3.63) is 59.7 Å². The average molecular weight is 447 g/mol. The molecule has 7 nitrogen and oxygen atoms in total. The Balaban J connectivity index is 1.68. The second-order valence-corrected chi connectivity index (χ2v) is 7.15. The Kier molecular flexibility index (Phi) is 9.45. The van der Waals surface area contributed by atoms with Crippen LogP contribution in [0.1, 0.15) is 23.2 Å². The van der Waals surface area contributed by atoms with Gasteiger partial charge < -0.3 is 15.4 Å². The highest BCUT2D eigenvalue weighted by molar-refractivity contribution is 7.99. The van der Waals surface area contributed by atoms with E-state index in [1.54, 1.807) is 24.3 Å². The summed E-state index contributed by atoms with van der Waals surface area (Å²) >= 11 is 1.27. The highest BCUT2D eigenvalue weighted by Crippen LogP contribution is 2.26. The molecule has 0 atom stereocenters. The number of benzene rings is 2. The average Bonchev–Trinajstić information content (AvgIpc) is 2.74. The molecule has 0 saturated heterocycles. The fourth-order valence-electron chi connectivity index (χ4n) is 2.41. The van der Waals surface area contributed by atoms with E-state index in [2.05, 4.69) is 10.6 Å². The van der Waals surface area contributed by atoms with Crippen molar-refractivity contribution in [3.8, 4) is 6.07 Å². The standard InChI is InChI=1S/C21H19F2N3O4S/c22-14-7-8-15(16(23)12-14)21(29)25-10-3-6-20(28)30-13-19(27)26-17-4-1-2-5-18(17)31-11-9-24/h1-2,4-5,7-8,12H,3,6,10-11,13H2,(H,25,29)(H,26,27). The number of para-hydroxylation sites is 1. The first-order chi connectivity index (χ1) is 14.9. The zero-order valence-electron chi connectivity index (χ0n) is 16.3. The highest BCUT2D eigenvalue weighted by atomic mass is 32.2. The van der Waals surface area contributed by atoms with Crippen molar-refractivity contribution in [3.63, 3.8) is 0 Å². The number of ether oxygens (including phenoxy) is 1. The maximum atomic E-state index is 13.5. The second kappa shape index (κ2) is 12.3. The number of hydrogen-bond acceptors (Lipinski definition) is 6. The molecule has 0 aliphatic carbocycles. The number of thioether (sulfide) groups is 1. The van der Waals surface area contributed by atoms with Crippen LogP contribution in [0.5, 0.6) is 0 Å². The van der Waals surface area contributed by atoms with Crippen LogP contribution in [0.4, 0.5) is 14.5 Å². The highest BCUT2D eigenvalue weighted by Gasteiger charge is 2.13. The van der Waals surface area contributed by atoms with Gasteiger partial charge in [0, 0.05) is 23.9 Å². The predicted molar refractivity (Wildman–Crippen MR) is 110 cm³/mol. The fourth-order valence-corrected chi connectivity index (χ4v) is 3.08. The SMILES string of the molecule is N#CCSc1ccccc1NC(=O)COC(=O)CCCNC(=O)c1ccc(F)cc1F. The Labute approximate surface area is 181 Å². The number of hydrogen-bond donors (Lipinski definition) is 2. The largest absolute Gasteiger partial charge is 0.456 e. The molecule has 31 heavy (non-hydrogen) atoms. The number of carbonyl (C=O) groups excluding carboxylic acids is 3. The molecule has 0 radical (unpaired) electrons. The van der Waals surface area contributed by atoms with Gasteiger partial charge in [-0.3, -0.25) is 14.4 Å². The molecule has 0 spiro atoms. The summed E-state index contributed by atoms with van der Waals surface area (Å²) in [5.41, 5.74) is 0.216. The monoisotopic (exact) mass is 447 g/mol. The molecular weight excluding hydrogens is 428 g/mol. The van der Waals surface area contributed by atoms with E-state index in [1.165, 1.54) is 11.8 Å². The van der Waals surface area contributed by atoms with Crippen molar-refractivity contribution < 1.29 is 27.9 Å². The molecular formula is C21H19F2N3O4S. The number of nitrogens with zero attached hydrogens (tertiary/aromatic N) is 1. The number of esters is 1. The number of rotatable bonds is 10. The van der Waals surface area contributed by atoms with Crippen LogP contribution < -0.4 is 10.6 Å². The van der Waals surface area contributed by atoms with Gasteiger partial charge in [0.1, 0.15) is 11.6 Å². The summed E-state index contributed by atoms with van der Waals surface area (Å²) in [4.78, 5) is 36.3. The van der Waals surface area contributed by atoms with Gasteiger partial charge in [-0.15, -0.1) is 11.8 Å². The lowest BCUT2D eigenvalue weighted by Gasteiger charge is -2.10. The van der Waals surface area contributed by atoms with Crippen molar-refractivity contribution in [1.29, 1.82) is 5.26 Å². The summed E-state index contributed by atoms with van der Waals surface area (Å²) in [6, 6.07) is 11.6. The summed E-state index contributed by atoms with van der Waals surface area (Å²) in [5.74, 6) is -3.42. The van der Waals surface area contributed by atoms with E-state index in [9.17, 15) is 23.2 Å². The first kappa shape index (κ1) is 23.8. The van der Waals surface area contributed by atoms with Crippen molar-refractivity contribution in [2.24, 2.45) is 0 Å². The molecule has 2 N–H and O–H groups in total. The van der Waals surface area contributed by atoms with Crippen molar-refractivity contribution in [1.82, 2.24) is 5.32 Å². The van der Waals surface area contributed by atoms with Gasteiger partial charge in [-0.1, -0.05) is 12.1 Å². The van der Waals surface area contributed by atoms with Crippen LogP contribution >= 0.6 is 11.8 Å². The van der Waals surface area contributed by atoms with Gasteiger partial charge in [0.2, 0.25) is 0 Å². The van der Waals surface area contributed by atoms with Crippen molar-refractivity contribution >= 4 is 35.2 Å². The lowest BCUT2D eigenvalue weighted by molar-refractivity contribution is -0.147. The zero-order valence-corrected chi connectivity index (χ0v) is 17.1. The van der Waals surface area contributed by atoms with Gasteiger partial charge >= 0.3 is 5.97 Å². The molecule has 10 heteroatoms. The molecule has 2 amide bonds. The molecule has 0 bridgehead atoms. The molecule has 0 saturated carbocycles. The van der Waals surface area contributed by atoms with Crippen LogP contribution in [-0.2, 0) is 14.3 Å². The van der Waals surface area contributed by atoms with E-state index in [-0.39, 0.29) is 30.7 Å². The van der Waals surface area contributed by atoms with Crippen LogP contribution in [0.3, 0.4) is 0 Å². The normalized spacial score (nSPS) is 10.1. The van der Waals surface area contributed by atoms with E-state index in [0.29, 0.717) is 11.8 Å². The summed E-state index contributed by atoms with van der Waals surface area (Å²) in [7, 11) is 0. The van der Waals surface area contributed by atoms with Gasteiger partial charge in [-0.2, -0.15) is 5.26 Å². The third-order valence-electron chi connectivity index (χ3n) is 3.84. The van der Waals surface area contributed by atoms with Gasteiger partial charge in [-0.05, 0) is 30.7 Å². The third kappa shape index (κ3) is 8.06. The van der Waals surface area contributed by atoms with E-state index >= 15 is 0 Å². The second-order valence-electron chi connectivity index (χ2n) is 6.14. The van der Waals surface area contributed by atoms with E-state index in [4.69, 9.17) is 10.00 Å². The summed E-state index contributed by atoms with van der Waals surface area (Å²) < 4.78 is 31.3. The molecule has 2 aromatic carbocycles. The first-order valence-corrected chi connectivity index (χ1v) is 10.2. The first-order valence-electron chi connectivity index (χ1n) is 9.18. The van der Waals surface area contributed by atoms with E-state index in [0.717, 1.165) is 17.0 Å². The molecule has 0 unspecified atom stereocenters. The Bertz CT molecular complexity index is 995. The molecule has 0 aromatic heterocycles. The van der Waals surface area contributed by atoms with Crippen LogP contribution in [0.2, 0.25) is 0 Å². The van der Waals surface area contributed by atoms with E-state index in [1.807, 2.05) is 6.07 Å². The summed E-state index contributed by atoms with van der Waals surface area (Å²) in [6.45, 7) is -0.413. The van der Waals surface area contributed by atoms with E-state index < -0.39 is 36.0 Å². The van der Waals surface area contributed by atoms with Crippen LogP contribution in [0.15, 0.2) is 47.4 Å². The minimum atomic E-state index is -0.976. The number of nitriles is 1. The number of amides is 2. The Morgan fingerprint density at radius 2 is 1.90 bits per heavy atom. The Morgan fingerprint density at radius 1 is 1.13 bits per heavy atom. The van der Waals surface area contributed by atoms with Gasteiger partial charge in [0.25, 0.3) is 11.8 Å². The topological polar surface area (TPSA) is 108 Å². The molecule has 162 valence electrons. The van der Waals surface area contributed by atoms with Gasteiger partial charge in [0.05, 0.1) is 23.1 Å². The maximum Gasteiger partial charge on any atom is 0.306 e. The molecule has 2 aromatic rings. The Hall–Kier alpha value is -3.45. The molecule has 0 heterocycles. The summed E-state index contributed by atoms with van der Waals surface area (Å²) in [6.07, 6.45) is 0.150. The third-order valence-corrected chi connectivity index (χ3v) is 4.78. The smallest absolute Gasteiger partial charge is 0.306 e. The molecule has 2 rings (SSSR count). The van der Waals surface area contributed by atoms with Crippen molar-refractivity contribution in [2.75, 3.05) is 24.2 Å². The van der Waals surface area contributed by atoms with Gasteiger partial charge in [0.15, 0.2) is 6.61 Å². The predicted octanol–water partition coefficient (Wildman–Crippen LogP) is 3.27.